The lowest BCUT2D eigenvalue weighted by molar-refractivity contribution is 0.481. The first-order valence-electron chi connectivity index (χ1n) is 3.07. The molecule has 0 aliphatic carbocycles. The maximum absolute atomic E-state index is 9.23. The van der Waals surface area contributed by atoms with Crippen molar-refractivity contribution in [2.75, 3.05) is 0 Å². The van der Waals surface area contributed by atoms with Gasteiger partial charge in [0.25, 0.3) is 0 Å². The Labute approximate surface area is 77.4 Å². The smallest absolute Gasteiger partial charge is 0.164 e. The third-order valence-electron chi connectivity index (χ3n) is 1.41. The highest BCUT2D eigenvalue weighted by molar-refractivity contribution is 6.34. The van der Waals surface area contributed by atoms with Crippen molar-refractivity contribution in [3.8, 4) is 5.75 Å². The van der Waals surface area contributed by atoms with Crippen LogP contribution in [0.15, 0.2) is 12.4 Å². The Morgan fingerprint density at radius 2 is 2.17 bits per heavy atom. The number of hydrogen-bond acceptors (Lipinski definition) is 3. The lowest BCUT2D eigenvalue weighted by atomic mass is 10.5. The molecule has 12 heavy (non-hydrogen) atoms. The molecule has 2 aromatic heterocycles. The van der Waals surface area contributed by atoms with Crippen LogP contribution in [0.2, 0.25) is 10.3 Å². The highest BCUT2D eigenvalue weighted by atomic mass is 35.5. The zero-order valence-electron chi connectivity index (χ0n) is 5.70. The first kappa shape index (κ1) is 7.64. The molecule has 0 unspecified atom stereocenters. The van der Waals surface area contributed by atoms with Gasteiger partial charge >= 0.3 is 0 Å². The van der Waals surface area contributed by atoms with Gasteiger partial charge in [-0.3, -0.25) is 0 Å². The van der Waals surface area contributed by atoms with Crippen LogP contribution in [0.4, 0.5) is 0 Å². The molecule has 62 valence electrons. The molecule has 6 heteroatoms. The molecule has 0 radical (unpaired) electrons. The van der Waals surface area contributed by atoms with E-state index in [9.17, 15) is 5.11 Å². The molecule has 0 saturated heterocycles. The van der Waals surface area contributed by atoms with E-state index in [1.807, 2.05) is 0 Å². The summed E-state index contributed by atoms with van der Waals surface area (Å²) < 4.78 is 1.37. The van der Waals surface area contributed by atoms with Gasteiger partial charge in [-0.25, -0.2) is 9.50 Å². The van der Waals surface area contributed by atoms with Gasteiger partial charge in [-0.05, 0) is 0 Å². The summed E-state index contributed by atoms with van der Waals surface area (Å²) in [4.78, 5) is 3.74. The molecule has 0 aromatic carbocycles. The first-order chi connectivity index (χ1) is 5.68. The fourth-order valence-electron chi connectivity index (χ4n) is 0.928. The third-order valence-corrected chi connectivity index (χ3v) is 1.85. The molecule has 0 bridgehead atoms. The molecule has 0 spiro atoms. The number of aromatic hydroxyl groups is 1. The average molecular weight is 204 g/mol. The van der Waals surface area contributed by atoms with Crippen LogP contribution in [0.5, 0.6) is 5.75 Å². The molecule has 2 aromatic rings. The fourth-order valence-corrected chi connectivity index (χ4v) is 1.42. The van der Waals surface area contributed by atoms with Crippen molar-refractivity contribution in [3.05, 3.63) is 22.7 Å². The standard InChI is InChI=1S/C6H3Cl2N3O/c7-4-2-11-5(6(8)10-4)3(12)1-9-11/h1-2,12H. The Balaban J connectivity index is 2.93. The van der Waals surface area contributed by atoms with Crippen molar-refractivity contribution < 1.29 is 5.11 Å². The Hall–Kier alpha value is -1.00. The molecule has 0 atom stereocenters. The van der Waals surface area contributed by atoms with E-state index in [0.717, 1.165) is 0 Å². The maximum Gasteiger partial charge on any atom is 0.164 e. The predicted octanol–water partition coefficient (Wildman–Crippen LogP) is 1.74. The fraction of sp³-hybridized carbons (Fsp3) is 0. The predicted molar refractivity (Wildman–Crippen MR) is 44.7 cm³/mol. The van der Waals surface area contributed by atoms with E-state index in [2.05, 4.69) is 10.1 Å². The van der Waals surface area contributed by atoms with Crippen LogP contribution < -0.4 is 0 Å². The van der Waals surface area contributed by atoms with Crippen LogP contribution in [0.3, 0.4) is 0 Å². The first-order valence-corrected chi connectivity index (χ1v) is 3.82. The molecule has 2 heterocycles. The number of rotatable bonds is 0. The van der Waals surface area contributed by atoms with Crippen molar-refractivity contribution in [2.45, 2.75) is 0 Å². The van der Waals surface area contributed by atoms with Gasteiger partial charge < -0.3 is 5.11 Å². The maximum atomic E-state index is 9.23. The summed E-state index contributed by atoms with van der Waals surface area (Å²) in [7, 11) is 0. The number of fused-ring (bicyclic) bond motifs is 1. The molecule has 2 rings (SSSR count). The van der Waals surface area contributed by atoms with E-state index in [1.54, 1.807) is 0 Å². The second-order valence-corrected chi connectivity index (χ2v) is 2.92. The van der Waals surface area contributed by atoms with Crippen LogP contribution in [0.1, 0.15) is 0 Å². The molecule has 0 amide bonds. The number of halogens is 2. The van der Waals surface area contributed by atoms with Crippen LogP contribution in [0.25, 0.3) is 5.52 Å². The Kier molecular flexibility index (Phi) is 1.59. The summed E-state index contributed by atoms with van der Waals surface area (Å²) in [6, 6.07) is 0. The monoisotopic (exact) mass is 203 g/mol. The molecular weight excluding hydrogens is 201 g/mol. The lowest BCUT2D eigenvalue weighted by Gasteiger charge is -1.96. The minimum absolute atomic E-state index is 0.0100. The summed E-state index contributed by atoms with van der Waals surface area (Å²) in [6.45, 7) is 0. The average Bonchev–Trinajstić information content (AvgIpc) is 2.31. The molecule has 1 N–H and O–H groups in total. The Morgan fingerprint density at radius 3 is 2.92 bits per heavy atom. The third kappa shape index (κ3) is 1.00. The van der Waals surface area contributed by atoms with Crippen molar-refractivity contribution in [3.63, 3.8) is 0 Å². The van der Waals surface area contributed by atoms with Crippen molar-refractivity contribution in [2.24, 2.45) is 0 Å². The van der Waals surface area contributed by atoms with Crippen LogP contribution in [-0.4, -0.2) is 19.7 Å². The molecule has 0 aliphatic heterocycles. The lowest BCUT2D eigenvalue weighted by Crippen LogP contribution is -1.89. The zero-order valence-corrected chi connectivity index (χ0v) is 7.21. The highest BCUT2D eigenvalue weighted by Crippen LogP contribution is 2.25. The normalized spacial score (nSPS) is 10.8. The van der Waals surface area contributed by atoms with E-state index in [4.69, 9.17) is 23.2 Å². The van der Waals surface area contributed by atoms with Gasteiger partial charge in [-0.1, -0.05) is 23.2 Å². The number of aromatic nitrogens is 3. The summed E-state index contributed by atoms with van der Waals surface area (Å²) in [5.41, 5.74) is 0.362. The molecule has 4 nitrogen and oxygen atoms in total. The summed E-state index contributed by atoms with van der Waals surface area (Å²) in [5, 5.41) is 13.4. The van der Waals surface area contributed by atoms with Crippen molar-refractivity contribution in [1.29, 1.82) is 0 Å². The van der Waals surface area contributed by atoms with Gasteiger partial charge in [0.05, 0.1) is 12.4 Å². The van der Waals surface area contributed by atoms with Crippen LogP contribution in [0, 0.1) is 0 Å². The Bertz CT molecular complexity index is 440. The highest BCUT2D eigenvalue weighted by Gasteiger charge is 2.08. The minimum Gasteiger partial charge on any atom is -0.504 e. The summed E-state index contributed by atoms with van der Waals surface area (Å²) in [6.07, 6.45) is 2.74. The molecule has 0 saturated carbocycles. The molecular formula is C6H3Cl2N3O. The minimum atomic E-state index is -0.0100. The summed E-state index contributed by atoms with van der Waals surface area (Å²) >= 11 is 11.3. The van der Waals surface area contributed by atoms with Gasteiger partial charge in [-0.15, -0.1) is 0 Å². The van der Waals surface area contributed by atoms with Crippen LogP contribution >= 0.6 is 23.2 Å². The van der Waals surface area contributed by atoms with E-state index >= 15 is 0 Å². The quantitative estimate of drug-likeness (QED) is 0.710. The molecule has 0 fully saturated rings. The van der Waals surface area contributed by atoms with Crippen LogP contribution in [-0.2, 0) is 0 Å². The Morgan fingerprint density at radius 1 is 1.42 bits per heavy atom. The van der Waals surface area contributed by atoms with Gasteiger partial charge in [0, 0.05) is 0 Å². The topological polar surface area (TPSA) is 50.4 Å². The molecule has 0 aliphatic rings. The largest absolute Gasteiger partial charge is 0.504 e. The van der Waals surface area contributed by atoms with E-state index < -0.39 is 0 Å². The van der Waals surface area contributed by atoms with Gasteiger partial charge in [0.15, 0.2) is 10.9 Å². The second kappa shape index (κ2) is 2.50. The summed E-state index contributed by atoms with van der Waals surface area (Å²) in [5.74, 6) is -0.0100. The van der Waals surface area contributed by atoms with Gasteiger partial charge in [-0.2, -0.15) is 5.10 Å². The van der Waals surface area contributed by atoms with Crippen molar-refractivity contribution in [1.82, 2.24) is 14.6 Å². The zero-order chi connectivity index (χ0) is 8.72. The number of nitrogens with zero attached hydrogens (tertiary/aromatic N) is 3. The van der Waals surface area contributed by atoms with Crippen molar-refractivity contribution >= 4 is 28.7 Å². The van der Waals surface area contributed by atoms with E-state index in [1.165, 1.54) is 16.9 Å². The number of hydrogen-bond donors (Lipinski definition) is 1. The second-order valence-electron chi connectivity index (χ2n) is 2.18. The van der Waals surface area contributed by atoms with E-state index in [0.29, 0.717) is 5.52 Å². The van der Waals surface area contributed by atoms with Gasteiger partial charge in [0.2, 0.25) is 0 Å². The SMILES string of the molecule is Oc1cnn2cc(Cl)nc(Cl)c12. The van der Waals surface area contributed by atoms with E-state index in [-0.39, 0.29) is 16.1 Å². The van der Waals surface area contributed by atoms with Gasteiger partial charge in [0.1, 0.15) is 10.7 Å².